The molecule has 0 fully saturated rings. The van der Waals surface area contributed by atoms with Gasteiger partial charge in [-0.15, -0.1) is 0 Å². The lowest BCUT2D eigenvalue weighted by molar-refractivity contribution is -0.119. The van der Waals surface area contributed by atoms with Gasteiger partial charge in [0.05, 0.1) is 22.5 Å². The van der Waals surface area contributed by atoms with E-state index in [0.29, 0.717) is 59.1 Å². The van der Waals surface area contributed by atoms with Crippen LogP contribution in [0.15, 0.2) is 53.3 Å². The highest BCUT2D eigenvalue weighted by Crippen LogP contribution is 2.33. The second-order valence-electron chi connectivity index (χ2n) is 8.16. The monoisotopic (exact) mass is 459 g/mol. The average molecular weight is 460 g/mol. The number of carbonyl (C=O) groups excluding carboxylic acids is 1. The van der Waals surface area contributed by atoms with Gasteiger partial charge in [0.1, 0.15) is 24.8 Å². The molecule has 0 aliphatic carbocycles. The molecule has 4 aromatic rings. The summed E-state index contributed by atoms with van der Waals surface area (Å²) < 4.78 is 14.1. The molecule has 2 aromatic heterocycles. The van der Waals surface area contributed by atoms with Gasteiger partial charge in [-0.05, 0) is 44.5 Å². The number of carbonyl (C=O) groups is 1. The van der Waals surface area contributed by atoms with Gasteiger partial charge >= 0.3 is 0 Å². The Labute approximate surface area is 195 Å². The smallest absolute Gasteiger partial charge is 0.278 e. The Morgan fingerprint density at radius 3 is 2.53 bits per heavy atom. The molecule has 2 aromatic carbocycles. The van der Waals surface area contributed by atoms with E-state index in [-0.39, 0.29) is 11.5 Å². The minimum Gasteiger partial charge on any atom is -0.486 e. The number of rotatable bonds is 5. The fourth-order valence-corrected chi connectivity index (χ4v) is 4.23. The van der Waals surface area contributed by atoms with Crippen molar-refractivity contribution < 1.29 is 14.3 Å². The summed E-state index contributed by atoms with van der Waals surface area (Å²) in [5.74, 6) is 0.885. The molecule has 0 saturated carbocycles. The first kappa shape index (κ1) is 21.7. The van der Waals surface area contributed by atoms with Gasteiger partial charge in [-0.2, -0.15) is 10.2 Å². The summed E-state index contributed by atoms with van der Waals surface area (Å²) >= 11 is 0. The molecule has 9 nitrogen and oxygen atoms in total. The first-order valence-electron chi connectivity index (χ1n) is 11.2. The minimum absolute atomic E-state index is 0.333. The van der Waals surface area contributed by atoms with Gasteiger partial charge in [0.15, 0.2) is 11.5 Å². The number of aromatic nitrogens is 4. The number of hydrogen-bond acceptors (Lipinski definition) is 6. The number of hydrogen-bond donors (Lipinski definition) is 1. The lowest BCUT2D eigenvalue weighted by Crippen LogP contribution is -2.35. The van der Waals surface area contributed by atoms with E-state index in [2.05, 4.69) is 15.5 Å². The SMILES string of the molecule is CCC(C(=O)Nc1ccc2c(c1)OCCO2)n1nc(C)c2nn(-c3ccccc3)c(C)c2c1=O. The Kier molecular flexibility index (Phi) is 5.53. The van der Waals surface area contributed by atoms with Crippen molar-refractivity contribution in [3.63, 3.8) is 0 Å². The molecule has 1 aliphatic rings. The molecular formula is C25H25N5O4. The Bertz CT molecular complexity index is 1440. The van der Waals surface area contributed by atoms with Gasteiger partial charge in [-0.3, -0.25) is 9.59 Å². The maximum Gasteiger partial charge on any atom is 0.278 e. The molecule has 5 rings (SSSR count). The number of aryl methyl sites for hydroxylation is 2. The van der Waals surface area contributed by atoms with Gasteiger partial charge < -0.3 is 14.8 Å². The fraction of sp³-hybridized carbons (Fsp3) is 0.280. The predicted molar refractivity (Wildman–Crippen MR) is 128 cm³/mol. The average Bonchev–Trinajstić information content (AvgIpc) is 3.21. The van der Waals surface area contributed by atoms with E-state index in [1.807, 2.05) is 44.2 Å². The molecule has 1 aliphatic heterocycles. The number of fused-ring (bicyclic) bond motifs is 2. The van der Waals surface area contributed by atoms with Crippen LogP contribution in [0.5, 0.6) is 11.5 Å². The van der Waals surface area contributed by atoms with Crippen molar-refractivity contribution in [3.05, 3.63) is 70.3 Å². The maximum absolute atomic E-state index is 13.5. The van der Waals surface area contributed by atoms with E-state index in [9.17, 15) is 9.59 Å². The quantitative estimate of drug-likeness (QED) is 0.490. The van der Waals surface area contributed by atoms with Crippen molar-refractivity contribution in [3.8, 4) is 17.2 Å². The second-order valence-corrected chi connectivity index (χ2v) is 8.16. The maximum atomic E-state index is 13.5. The lowest BCUT2D eigenvalue weighted by Gasteiger charge is -2.20. The van der Waals surface area contributed by atoms with Crippen molar-refractivity contribution in [2.75, 3.05) is 18.5 Å². The van der Waals surface area contributed by atoms with Crippen LogP contribution in [0.2, 0.25) is 0 Å². The Hall–Kier alpha value is -4.14. The van der Waals surface area contributed by atoms with Crippen LogP contribution in [0.1, 0.15) is 30.8 Å². The highest BCUT2D eigenvalue weighted by atomic mass is 16.6. The van der Waals surface area contributed by atoms with E-state index in [4.69, 9.17) is 9.47 Å². The molecule has 1 unspecified atom stereocenters. The van der Waals surface area contributed by atoms with Crippen molar-refractivity contribution in [1.29, 1.82) is 0 Å². The molecule has 1 atom stereocenters. The van der Waals surface area contributed by atoms with E-state index in [1.54, 1.807) is 29.8 Å². The summed E-state index contributed by atoms with van der Waals surface area (Å²) in [6.45, 7) is 6.45. The first-order chi connectivity index (χ1) is 16.5. The topological polar surface area (TPSA) is 100 Å². The molecule has 174 valence electrons. The number of nitrogens with zero attached hydrogens (tertiary/aromatic N) is 4. The lowest BCUT2D eigenvalue weighted by atomic mass is 10.1. The summed E-state index contributed by atoms with van der Waals surface area (Å²) in [6, 6.07) is 14.0. The number of ether oxygens (including phenoxy) is 2. The van der Waals surface area contributed by atoms with Crippen LogP contribution < -0.4 is 20.3 Å². The second kappa shape index (κ2) is 8.66. The zero-order valence-electron chi connectivity index (χ0n) is 19.2. The van der Waals surface area contributed by atoms with Gasteiger partial charge in [0, 0.05) is 11.8 Å². The Balaban J connectivity index is 1.52. The van der Waals surface area contributed by atoms with Crippen LogP contribution >= 0.6 is 0 Å². The zero-order valence-corrected chi connectivity index (χ0v) is 19.2. The van der Waals surface area contributed by atoms with Crippen molar-refractivity contribution >= 4 is 22.5 Å². The molecular weight excluding hydrogens is 434 g/mol. The van der Waals surface area contributed by atoms with Gasteiger partial charge in [-0.1, -0.05) is 25.1 Å². The van der Waals surface area contributed by atoms with Crippen LogP contribution in [0.3, 0.4) is 0 Å². The third kappa shape index (κ3) is 3.68. The van der Waals surface area contributed by atoms with E-state index in [0.717, 1.165) is 5.69 Å². The fourth-order valence-electron chi connectivity index (χ4n) is 4.23. The van der Waals surface area contributed by atoms with Crippen molar-refractivity contribution in [1.82, 2.24) is 19.6 Å². The van der Waals surface area contributed by atoms with Gasteiger partial charge in [0.2, 0.25) is 5.91 Å². The van der Waals surface area contributed by atoms with Gasteiger partial charge in [-0.25, -0.2) is 9.36 Å². The number of amides is 1. The highest BCUT2D eigenvalue weighted by Gasteiger charge is 2.26. The first-order valence-corrected chi connectivity index (χ1v) is 11.2. The largest absolute Gasteiger partial charge is 0.486 e. The standard InChI is InChI=1S/C25H25N5O4/c1-4-19(24(31)26-17-10-11-20-21(14-17)34-13-12-33-20)30-25(32)22-16(3)29(18-8-6-5-7-9-18)28-23(22)15(2)27-30/h5-11,14,19H,4,12-13H2,1-3H3,(H,26,31). The predicted octanol–water partition coefficient (Wildman–Crippen LogP) is 3.56. The number of para-hydroxylation sites is 1. The molecule has 1 amide bonds. The summed E-state index contributed by atoms with van der Waals surface area (Å²) in [6.07, 6.45) is 0.389. The van der Waals surface area contributed by atoms with Crippen molar-refractivity contribution in [2.45, 2.75) is 33.2 Å². The van der Waals surface area contributed by atoms with Crippen LogP contribution in [0.4, 0.5) is 5.69 Å². The summed E-state index contributed by atoms with van der Waals surface area (Å²) in [4.78, 5) is 26.7. The van der Waals surface area contributed by atoms with E-state index >= 15 is 0 Å². The molecule has 0 radical (unpaired) electrons. The third-order valence-electron chi connectivity index (χ3n) is 5.93. The molecule has 1 N–H and O–H groups in total. The van der Waals surface area contributed by atoms with E-state index in [1.165, 1.54) is 4.68 Å². The molecule has 0 saturated heterocycles. The molecule has 0 spiro atoms. The molecule has 34 heavy (non-hydrogen) atoms. The summed E-state index contributed by atoms with van der Waals surface area (Å²) in [5, 5.41) is 12.5. The van der Waals surface area contributed by atoms with Crippen molar-refractivity contribution in [2.24, 2.45) is 0 Å². The Morgan fingerprint density at radius 2 is 1.79 bits per heavy atom. The van der Waals surface area contributed by atoms with Crippen LogP contribution in [0, 0.1) is 13.8 Å². The molecule has 3 heterocycles. The van der Waals surface area contributed by atoms with Crippen LogP contribution in [0.25, 0.3) is 16.6 Å². The zero-order chi connectivity index (χ0) is 23.8. The minimum atomic E-state index is -0.789. The number of benzene rings is 2. The molecule has 9 heteroatoms. The highest BCUT2D eigenvalue weighted by molar-refractivity contribution is 5.94. The third-order valence-corrected chi connectivity index (χ3v) is 5.93. The van der Waals surface area contributed by atoms with Crippen LogP contribution in [-0.2, 0) is 4.79 Å². The summed E-state index contributed by atoms with van der Waals surface area (Å²) in [5.41, 5.74) is 2.89. The van der Waals surface area contributed by atoms with E-state index < -0.39 is 6.04 Å². The van der Waals surface area contributed by atoms with Gasteiger partial charge in [0.25, 0.3) is 5.56 Å². The number of nitrogens with one attached hydrogen (secondary N) is 1. The van der Waals surface area contributed by atoms with Crippen LogP contribution in [-0.4, -0.2) is 38.7 Å². The number of anilines is 1. The summed E-state index contributed by atoms with van der Waals surface area (Å²) in [7, 11) is 0. The molecule has 0 bridgehead atoms. The Morgan fingerprint density at radius 1 is 1.06 bits per heavy atom. The normalized spacial score (nSPS) is 13.6.